The van der Waals surface area contributed by atoms with Crippen molar-refractivity contribution in [1.29, 1.82) is 0 Å². The molecular formula is C25H23N7O. The molecule has 0 amide bonds. The molecule has 1 N–H and O–H groups in total. The van der Waals surface area contributed by atoms with E-state index in [1.54, 1.807) is 13.3 Å². The van der Waals surface area contributed by atoms with Gasteiger partial charge in [0.1, 0.15) is 11.3 Å². The monoisotopic (exact) mass is 437 g/mol. The Kier molecular flexibility index (Phi) is 5.18. The summed E-state index contributed by atoms with van der Waals surface area (Å²) in [5.74, 6) is 1.51. The first-order chi connectivity index (χ1) is 16.0. The van der Waals surface area contributed by atoms with Crippen molar-refractivity contribution in [2.75, 3.05) is 12.4 Å². The summed E-state index contributed by atoms with van der Waals surface area (Å²) < 4.78 is 7.33. The molecule has 0 unspecified atom stereocenters. The molecule has 8 heteroatoms. The number of benzene rings is 2. The molecule has 5 rings (SSSR count). The number of hydrogen-bond donors (Lipinski definition) is 1. The highest BCUT2D eigenvalue weighted by Gasteiger charge is 2.13. The molecule has 0 radical (unpaired) electrons. The van der Waals surface area contributed by atoms with Crippen LogP contribution in [0.2, 0.25) is 0 Å². The van der Waals surface area contributed by atoms with E-state index in [0.29, 0.717) is 17.6 Å². The van der Waals surface area contributed by atoms with Crippen LogP contribution in [0, 0.1) is 20.8 Å². The van der Waals surface area contributed by atoms with Gasteiger partial charge in [0.25, 0.3) is 0 Å². The molecule has 8 nitrogen and oxygen atoms in total. The number of ether oxygens (including phenoxy) is 1. The second kappa shape index (κ2) is 8.31. The van der Waals surface area contributed by atoms with Crippen LogP contribution in [0.5, 0.6) is 5.75 Å². The van der Waals surface area contributed by atoms with Gasteiger partial charge in [-0.1, -0.05) is 29.8 Å². The molecule has 2 aromatic carbocycles. The highest BCUT2D eigenvalue weighted by molar-refractivity contribution is 5.87. The number of methoxy groups -OCH3 is 1. The molecule has 33 heavy (non-hydrogen) atoms. The van der Waals surface area contributed by atoms with E-state index >= 15 is 0 Å². The third kappa shape index (κ3) is 3.98. The van der Waals surface area contributed by atoms with Gasteiger partial charge in [-0.25, -0.2) is 24.6 Å². The van der Waals surface area contributed by atoms with Crippen molar-refractivity contribution in [3.8, 4) is 22.7 Å². The van der Waals surface area contributed by atoms with Crippen LogP contribution in [0.3, 0.4) is 0 Å². The Morgan fingerprint density at radius 1 is 0.848 bits per heavy atom. The molecule has 0 atom stereocenters. The quantitative estimate of drug-likeness (QED) is 0.416. The lowest BCUT2D eigenvalue weighted by atomic mass is 10.2. The summed E-state index contributed by atoms with van der Waals surface area (Å²) in [4.78, 5) is 18.2. The van der Waals surface area contributed by atoms with Gasteiger partial charge >= 0.3 is 0 Å². The smallest absolute Gasteiger partial charge is 0.230 e. The van der Waals surface area contributed by atoms with Gasteiger partial charge in [-0.05, 0) is 45.0 Å². The average molecular weight is 438 g/mol. The third-order valence-corrected chi connectivity index (χ3v) is 5.45. The summed E-state index contributed by atoms with van der Waals surface area (Å²) in [5, 5.41) is 8.74. The van der Waals surface area contributed by atoms with Crippen molar-refractivity contribution in [1.82, 2.24) is 29.7 Å². The summed E-state index contributed by atoms with van der Waals surface area (Å²) in [5.41, 5.74) is 6.35. The highest BCUT2D eigenvalue weighted by Crippen LogP contribution is 2.27. The lowest BCUT2D eigenvalue weighted by Crippen LogP contribution is -2.04. The van der Waals surface area contributed by atoms with Gasteiger partial charge in [-0.15, -0.1) is 0 Å². The Balaban J connectivity index is 1.48. The zero-order valence-electron chi connectivity index (χ0n) is 18.9. The van der Waals surface area contributed by atoms with E-state index in [1.807, 2.05) is 61.1 Å². The number of para-hydroxylation sites is 1. The topological polar surface area (TPSA) is 90.6 Å². The number of nitrogens with one attached hydrogen (secondary N) is 1. The lowest BCUT2D eigenvalue weighted by molar-refractivity contribution is 0.419. The number of fused-ring (bicyclic) bond motifs is 1. The Morgan fingerprint density at radius 2 is 1.67 bits per heavy atom. The molecule has 0 bridgehead atoms. The Labute approximate surface area is 191 Å². The van der Waals surface area contributed by atoms with Gasteiger partial charge in [-0.3, -0.25) is 5.32 Å². The van der Waals surface area contributed by atoms with Crippen LogP contribution in [-0.4, -0.2) is 36.8 Å². The summed E-state index contributed by atoms with van der Waals surface area (Å²) in [6.07, 6.45) is 3.69. The van der Waals surface area contributed by atoms with Gasteiger partial charge in [0.2, 0.25) is 11.9 Å². The van der Waals surface area contributed by atoms with Gasteiger partial charge < -0.3 is 4.74 Å². The number of aryl methyl sites for hydroxylation is 3. The van der Waals surface area contributed by atoms with Crippen LogP contribution in [0.15, 0.2) is 60.9 Å². The molecule has 3 aromatic heterocycles. The molecule has 0 aliphatic rings. The van der Waals surface area contributed by atoms with Gasteiger partial charge in [0.05, 0.1) is 29.9 Å². The molecule has 0 saturated carbocycles. The van der Waals surface area contributed by atoms with Crippen molar-refractivity contribution in [2.24, 2.45) is 0 Å². The predicted molar refractivity (Wildman–Crippen MR) is 128 cm³/mol. The number of aromatic nitrogens is 6. The van der Waals surface area contributed by atoms with Crippen molar-refractivity contribution in [3.63, 3.8) is 0 Å². The molecule has 0 fully saturated rings. The SMILES string of the molecule is COc1cccc2c(C)nc(Nc3nccc(-c4cn(-c5ccc(C)cc5)nc4C)n3)nc12. The van der Waals surface area contributed by atoms with E-state index in [4.69, 9.17) is 4.74 Å². The van der Waals surface area contributed by atoms with Crippen LogP contribution in [0.4, 0.5) is 11.9 Å². The fourth-order valence-electron chi connectivity index (χ4n) is 3.71. The summed E-state index contributed by atoms with van der Waals surface area (Å²) in [6, 6.07) is 15.9. The molecule has 5 aromatic rings. The molecule has 0 spiro atoms. The second-order valence-corrected chi connectivity index (χ2v) is 7.79. The number of nitrogens with zero attached hydrogens (tertiary/aromatic N) is 6. The molecule has 0 aliphatic carbocycles. The van der Waals surface area contributed by atoms with E-state index in [2.05, 4.69) is 49.4 Å². The van der Waals surface area contributed by atoms with Crippen molar-refractivity contribution in [3.05, 3.63) is 77.9 Å². The Bertz CT molecular complexity index is 1460. The first-order valence-electron chi connectivity index (χ1n) is 10.6. The first kappa shape index (κ1) is 20.6. The van der Waals surface area contributed by atoms with E-state index in [-0.39, 0.29) is 0 Å². The van der Waals surface area contributed by atoms with E-state index in [9.17, 15) is 0 Å². The zero-order valence-corrected chi connectivity index (χ0v) is 18.9. The minimum atomic E-state index is 0.406. The second-order valence-electron chi connectivity index (χ2n) is 7.79. The molecule has 164 valence electrons. The summed E-state index contributed by atoms with van der Waals surface area (Å²) in [6.45, 7) is 5.97. The van der Waals surface area contributed by atoms with Crippen LogP contribution in [0.25, 0.3) is 27.8 Å². The van der Waals surface area contributed by atoms with Gasteiger partial charge in [-0.2, -0.15) is 5.10 Å². The standard InChI is InChI=1S/C25H23N7O/c1-15-8-10-18(11-9-15)32-14-20(17(3)31-32)21-12-13-26-24(28-21)30-25-27-16(2)19-6-5-7-22(33-4)23(19)29-25/h5-14H,1-4H3,(H,26,27,28,29,30). The molecule has 0 saturated heterocycles. The summed E-state index contributed by atoms with van der Waals surface area (Å²) in [7, 11) is 1.63. The fraction of sp³-hybridized carbons (Fsp3) is 0.160. The molecule has 3 heterocycles. The van der Waals surface area contributed by atoms with Crippen LogP contribution in [-0.2, 0) is 0 Å². The summed E-state index contributed by atoms with van der Waals surface area (Å²) >= 11 is 0. The largest absolute Gasteiger partial charge is 0.494 e. The average Bonchev–Trinajstić information content (AvgIpc) is 3.21. The highest BCUT2D eigenvalue weighted by atomic mass is 16.5. The predicted octanol–water partition coefficient (Wildman–Crippen LogP) is 4.95. The molecular weight excluding hydrogens is 414 g/mol. The number of rotatable bonds is 5. The van der Waals surface area contributed by atoms with Gasteiger partial charge in [0.15, 0.2) is 0 Å². The maximum atomic E-state index is 5.46. The zero-order chi connectivity index (χ0) is 22.9. The van der Waals surface area contributed by atoms with Gasteiger partial charge in [0, 0.05) is 23.3 Å². The minimum absolute atomic E-state index is 0.406. The van der Waals surface area contributed by atoms with Crippen molar-refractivity contribution < 1.29 is 4.74 Å². The number of anilines is 2. The maximum absolute atomic E-state index is 5.46. The van der Waals surface area contributed by atoms with Crippen LogP contribution < -0.4 is 10.1 Å². The van der Waals surface area contributed by atoms with E-state index in [0.717, 1.165) is 39.2 Å². The fourth-order valence-corrected chi connectivity index (χ4v) is 3.71. The van der Waals surface area contributed by atoms with Crippen molar-refractivity contribution >= 4 is 22.8 Å². The third-order valence-electron chi connectivity index (χ3n) is 5.45. The van der Waals surface area contributed by atoms with E-state index in [1.165, 1.54) is 5.56 Å². The minimum Gasteiger partial charge on any atom is -0.494 e. The van der Waals surface area contributed by atoms with Crippen LogP contribution >= 0.6 is 0 Å². The molecule has 0 aliphatic heterocycles. The lowest BCUT2D eigenvalue weighted by Gasteiger charge is -2.10. The maximum Gasteiger partial charge on any atom is 0.230 e. The number of hydrogen-bond acceptors (Lipinski definition) is 7. The Morgan fingerprint density at radius 3 is 2.45 bits per heavy atom. The van der Waals surface area contributed by atoms with E-state index < -0.39 is 0 Å². The normalized spacial score (nSPS) is 11.0. The Hall–Kier alpha value is -4.33. The first-order valence-corrected chi connectivity index (χ1v) is 10.6. The van der Waals surface area contributed by atoms with Crippen molar-refractivity contribution in [2.45, 2.75) is 20.8 Å². The van der Waals surface area contributed by atoms with Crippen LogP contribution in [0.1, 0.15) is 17.0 Å².